The Balaban J connectivity index is 2.51. The van der Waals surface area contributed by atoms with Crippen molar-refractivity contribution in [1.29, 1.82) is 0 Å². The predicted molar refractivity (Wildman–Crippen MR) is 74.7 cm³/mol. The van der Waals surface area contributed by atoms with E-state index in [0.717, 1.165) is 17.7 Å². The molecule has 0 fully saturated rings. The first-order chi connectivity index (χ1) is 9.31. The maximum absolute atomic E-state index is 14.2. The molecular formula is C16H16FNO2. The monoisotopic (exact) mass is 273 g/mol. The fourth-order valence-electron chi connectivity index (χ4n) is 3.10. The van der Waals surface area contributed by atoms with Gasteiger partial charge < -0.3 is 5.11 Å². The Labute approximate surface area is 116 Å². The van der Waals surface area contributed by atoms with E-state index in [4.69, 9.17) is 0 Å². The summed E-state index contributed by atoms with van der Waals surface area (Å²) in [6.07, 6.45) is 1.52. The molecule has 1 aromatic heterocycles. The fourth-order valence-corrected chi connectivity index (χ4v) is 3.10. The second-order valence-corrected chi connectivity index (χ2v) is 6.15. The molecule has 0 aliphatic heterocycles. The van der Waals surface area contributed by atoms with E-state index in [9.17, 15) is 14.3 Å². The zero-order chi connectivity index (χ0) is 14.7. The summed E-state index contributed by atoms with van der Waals surface area (Å²) in [7, 11) is 0. The molecule has 1 aliphatic rings. The zero-order valence-corrected chi connectivity index (χ0v) is 11.7. The van der Waals surface area contributed by atoms with E-state index in [1.807, 2.05) is 13.8 Å². The van der Waals surface area contributed by atoms with Crippen LogP contribution in [0.1, 0.15) is 47.4 Å². The maximum atomic E-state index is 14.2. The number of nitrogens with zero attached hydrogens (tertiary/aromatic N) is 1. The van der Waals surface area contributed by atoms with Crippen molar-refractivity contribution >= 4 is 16.9 Å². The third kappa shape index (κ3) is 1.71. The van der Waals surface area contributed by atoms with Gasteiger partial charge >= 0.3 is 5.97 Å². The number of halogens is 1. The zero-order valence-electron chi connectivity index (χ0n) is 11.7. The molecule has 20 heavy (non-hydrogen) atoms. The first-order valence-electron chi connectivity index (χ1n) is 6.68. The number of aromatic carboxylic acids is 1. The Hall–Kier alpha value is -1.97. The number of hydrogen-bond donors (Lipinski definition) is 1. The predicted octanol–water partition coefficient (Wildman–Crippen LogP) is 3.60. The Morgan fingerprint density at radius 2 is 2.10 bits per heavy atom. The summed E-state index contributed by atoms with van der Waals surface area (Å²) in [6.45, 7) is 5.80. The first-order valence-corrected chi connectivity index (χ1v) is 6.68. The lowest BCUT2D eigenvalue weighted by Gasteiger charge is -2.19. The minimum Gasteiger partial charge on any atom is -0.478 e. The molecule has 1 aliphatic carbocycles. The number of carboxylic acid groups (broad SMARTS) is 1. The van der Waals surface area contributed by atoms with E-state index < -0.39 is 11.8 Å². The number of carbonyl (C=O) groups is 1. The van der Waals surface area contributed by atoms with Gasteiger partial charge in [0.05, 0.1) is 11.3 Å². The van der Waals surface area contributed by atoms with E-state index in [2.05, 4.69) is 4.98 Å². The molecule has 3 nitrogen and oxygen atoms in total. The van der Waals surface area contributed by atoms with Crippen LogP contribution in [-0.4, -0.2) is 16.1 Å². The smallest absolute Gasteiger partial charge is 0.336 e. The SMILES string of the molecule is Cc1cc(F)c2nc3c(c(C(=O)O)c2c1)CCC3(C)C. The van der Waals surface area contributed by atoms with Gasteiger partial charge in [0.25, 0.3) is 0 Å². The third-order valence-corrected chi connectivity index (χ3v) is 4.14. The number of aryl methyl sites for hydroxylation is 1. The van der Waals surface area contributed by atoms with E-state index in [-0.39, 0.29) is 16.5 Å². The second-order valence-electron chi connectivity index (χ2n) is 6.15. The third-order valence-electron chi connectivity index (χ3n) is 4.14. The van der Waals surface area contributed by atoms with E-state index in [1.54, 1.807) is 13.0 Å². The molecular weight excluding hydrogens is 257 g/mol. The van der Waals surface area contributed by atoms with Gasteiger partial charge in [-0.05, 0) is 43.0 Å². The number of fused-ring (bicyclic) bond motifs is 2. The Kier molecular flexibility index (Phi) is 2.61. The Morgan fingerprint density at radius 1 is 1.40 bits per heavy atom. The standard InChI is InChI=1S/C16H16FNO2/c1-8-6-10-12(15(19)20)9-4-5-16(2,3)14(9)18-13(10)11(17)7-8/h6-7H,4-5H2,1-3H3,(H,19,20). The molecule has 104 valence electrons. The quantitative estimate of drug-likeness (QED) is 0.863. The molecule has 0 saturated carbocycles. The van der Waals surface area contributed by atoms with Crippen molar-refractivity contribution in [3.8, 4) is 0 Å². The number of hydrogen-bond acceptors (Lipinski definition) is 2. The van der Waals surface area contributed by atoms with Crippen molar-refractivity contribution in [1.82, 2.24) is 4.98 Å². The average Bonchev–Trinajstić information content (AvgIpc) is 2.62. The number of pyridine rings is 1. The maximum Gasteiger partial charge on any atom is 0.336 e. The lowest BCUT2D eigenvalue weighted by atomic mass is 9.89. The number of rotatable bonds is 1. The summed E-state index contributed by atoms with van der Waals surface area (Å²) >= 11 is 0. The molecule has 0 atom stereocenters. The van der Waals surface area contributed by atoms with E-state index in [1.165, 1.54) is 6.07 Å². The molecule has 0 amide bonds. The lowest BCUT2D eigenvalue weighted by molar-refractivity contribution is 0.0698. The van der Waals surface area contributed by atoms with Crippen molar-refractivity contribution in [2.75, 3.05) is 0 Å². The van der Waals surface area contributed by atoms with Gasteiger partial charge in [-0.2, -0.15) is 0 Å². The Bertz CT molecular complexity index is 750. The van der Waals surface area contributed by atoms with Crippen molar-refractivity contribution in [3.63, 3.8) is 0 Å². The minimum atomic E-state index is -1.00. The van der Waals surface area contributed by atoms with Crippen LogP contribution in [0.4, 0.5) is 4.39 Å². The summed E-state index contributed by atoms with van der Waals surface area (Å²) in [4.78, 5) is 16.1. The van der Waals surface area contributed by atoms with Gasteiger partial charge in [-0.25, -0.2) is 14.2 Å². The minimum absolute atomic E-state index is 0.168. The molecule has 0 spiro atoms. The van der Waals surface area contributed by atoms with Crippen LogP contribution < -0.4 is 0 Å². The van der Waals surface area contributed by atoms with Crippen LogP contribution in [0.5, 0.6) is 0 Å². The molecule has 4 heteroatoms. The van der Waals surface area contributed by atoms with Gasteiger partial charge in [-0.15, -0.1) is 0 Å². The van der Waals surface area contributed by atoms with Crippen molar-refractivity contribution in [2.24, 2.45) is 0 Å². The van der Waals surface area contributed by atoms with E-state index >= 15 is 0 Å². The molecule has 0 bridgehead atoms. The summed E-state index contributed by atoms with van der Waals surface area (Å²) < 4.78 is 14.2. The van der Waals surface area contributed by atoms with Crippen LogP contribution in [0.3, 0.4) is 0 Å². The van der Waals surface area contributed by atoms with Crippen molar-refractivity contribution in [3.05, 3.63) is 40.3 Å². The number of aromatic nitrogens is 1. The fraction of sp³-hybridized carbons (Fsp3) is 0.375. The topological polar surface area (TPSA) is 50.2 Å². The van der Waals surface area contributed by atoms with Gasteiger partial charge in [0.1, 0.15) is 11.3 Å². The van der Waals surface area contributed by atoms with Crippen LogP contribution in [0.15, 0.2) is 12.1 Å². The highest BCUT2D eigenvalue weighted by Gasteiger charge is 2.36. The van der Waals surface area contributed by atoms with Gasteiger partial charge in [0.15, 0.2) is 0 Å². The summed E-state index contributed by atoms with van der Waals surface area (Å²) in [5.41, 5.74) is 2.38. The molecule has 1 heterocycles. The molecule has 0 unspecified atom stereocenters. The highest BCUT2D eigenvalue weighted by Crippen LogP contribution is 2.41. The molecule has 0 radical (unpaired) electrons. The summed E-state index contributed by atoms with van der Waals surface area (Å²) in [5.74, 6) is -1.45. The molecule has 1 N–H and O–H groups in total. The van der Waals surface area contributed by atoms with Crippen LogP contribution >= 0.6 is 0 Å². The molecule has 1 aromatic carbocycles. The summed E-state index contributed by atoms with van der Waals surface area (Å²) in [5, 5.41) is 9.96. The van der Waals surface area contributed by atoms with Crippen LogP contribution in [0, 0.1) is 12.7 Å². The van der Waals surface area contributed by atoms with Gasteiger partial charge in [0, 0.05) is 10.8 Å². The number of carboxylic acids is 1. The normalized spacial score (nSPS) is 16.4. The molecule has 2 aromatic rings. The van der Waals surface area contributed by atoms with Crippen LogP contribution in [0.2, 0.25) is 0 Å². The molecule has 3 rings (SSSR count). The summed E-state index contributed by atoms with van der Waals surface area (Å²) in [6, 6.07) is 3.11. The Morgan fingerprint density at radius 3 is 2.75 bits per heavy atom. The molecule has 0 saturated heterocycles. The number of benzene rings is 1. The van der Waals surface area contributed by atoms with Gasteiger partial charge in [-0.3, -0.25) is 0 Å². The first kappa shape index (κ1) is 13.0. The van der Waals surface area contributed by atoms with Crippen LogP contribution in [0.25, 0.3) is 10.9 Å². The highest BCUT2D eigenvalue weighted by molar-refractivity contribution is 6.04. The van der Waals surface area contributed by atoms with Crippen molar-refractivity contribution in [2.45, 2.75) is 39.0 Å². The lowest BCUT2D eigenvalue weighted by Crippen LogP contribution is -2.16. The van der Waals surface area contributed by atoms with Gasteiger partial charge in [-0.1, -0.05) is 13.8 Å². The largest absolute Gasteiger partial charge is 0.478 e. The highest BCUT2D eigenvalue weighted by atomic mass is 19.1. The van der Waals surface area contributed by atoms with E-state index in [0.29, 0.717) is 17.4 Å². The average molecular weight is 273 g/mol. The second kappa shape index (κ2) is 4.01. The van der Waals surface area contributed by atoms with Crippen LogP contribution in [-0.2, 0) is 11.8 Å². The van der Waals surface area contributed by atoms with Gasteiger partial charge in [0.2, 0.25) is 0 Å². The van der Waals surface area contributed by atoms with Crippen molar-refractivity contribution < 1.29 is 14.3 Å².